The summed E-state index contributed by atoms with van der Waals surface area (Å²) in [6.45, 7) is 5.22. The molecular formula is C33H44N3NaO6S2. The zero-order valence-electron chi connectivity index (χ0n) is 26.8. The van der Waals surface area contributed by atoms with Crippen molar-refractivity contribution < 1.29 is 56.9 Å². The number of fused-ring (bicyclic) bond motifs is 1. The van der Waals surface area contributed by atoms with Crippen LogP contribution in [0.3, 0.4) is 0 Å². The van der Waals surface area contributed by atoms with Crippen LogP contribution in [0.4, 0.5) is 5.69 Å². The molecule has 0 saturated heterocycles. The van der Waals surface area contributed by atoms with Crippen molar-refractivity contribution in [1.29, 1.82) is 0 Å². The van der Waals surface area contributed by atoms with Gasteiger partial charge in [0, 0.05) is 36.9 Å². The number of nitrogens with zero attached hydrogens (tertiary/aromatic N) is 2. The van der Waals surface area contributed by atoms with Crippen LogP contribution < -0.4 is 39.8 Å². The van der Waals surface area contributed by atoms with Crippen LogP contribution >= 0.6 is 11.3 Å². The fourth-order valence-corrected chi connectivity index (χ4v) is 7.53. The number of anilines is 1. The van der Waals surface area contributed by atoms with Gasteiger partial charge in [-0.1, -0.05) is 31.9 Å². The summed E-state index contributed by atoms with van der Waals surface area (Å²) in [5, 5.41) is 4.97. The van der Waals surface area contributed by atoms with E-state index in [2.05, 4.69) is 24.4 Å². The van der Waals surface area contributed by atoms with Gasteiger partial charge in [0.25, 0.3) is 0 Å². The van der Waals surface area contributed by atoms with Crippen LogP contribution in [0.5, 0.6) is 0 Å². The van der Waals surface area contributed by atoms with Gasteiger partial charge >= 0.3 is 29.6 Å². The van der Waals surface area contributed by atoms with E-state index in [1.807, 2.05) is 41.1 Å². The number of hydrogen-bond acceptors (Lipinski definition) is 7. The molecule has 2 aromatic heterocycles. The Morgan fingerprint density at radius 3 is 2.44 bits per heavy atom. The Balaban J connectivity index is 0.00000552. The average molecular weight is 666 g/mol. The van der Waals surface area contributed by atoms with Crippen LogP contribution in [0.15, 0.2) is 41.8 Å². The topological polar surface area (TPSA) is 129 Å². The van der Waals surface area contributed by atoms with Crippen LogP contribution in [-0.4, -0.2) is 54.0 Å². The van der Waals surface area contributed by atoms with Gasteiger partial charge in [0.15, 0.2) is 5.78 Å². The van der Waals surface area contributed by atoms with E-state index in [4.69, 9.17) is 0 Å². The third-order valence-corrected chi connectivity index (χ3v) is 10.3. The Morgan fingerprint density at radius 1 is 1.02 bits per heavy atom. The van der Waals surface area contributed by atoms with Crippen molar-refractivity contribution >= 4 is 55.0 Å². The second-order valence-corrected chi connectivity index (χ2v) is 14.2. The van der Waals surface area contributed by atoms with E-state index in [0.29, 0.717) is 38.0 Å². The molecule has 1 N–H and O–H groups in total. The Bertz CT molecular complexity index is 1540. The Labute approximate surface area is 293 Å². The molecule has 1 aromatic carbocycles. The monoisotopic (exact) mass is 665 g/mol. The number of ketones is 1. The van der Waals surface area contributed by atoms with E-state index < -0.39 is 10.1 Å². The zero-order chi connectivity index (χ0) is 31.7. The quantitative estimate of drug-likeness (QED) is 0.109. The SMILES string of the molecule is CCc1cccc(N(CC)C(=O)Cn2c(C(=O)CC3CCC(C(=O)NCCCCCCS(=O)(=O)[O-])CC3)cc3sccc32)c1.[Na+]. The summed E-state index contributed by atoms with van der Waals surface area (Å²) >= 11 is 1.57. The van der Waals surface area contributed by atoms with Gasteiger partial charge in [-0.15, -0.1) is 11.3 Å². The van der Waals surface area contributed by atoms with E-state index >= 15 is 0 Å². The fourth-order valence-electron chi connectivity index (χ4n) is 6.16. The number of nitrogens with one attached hydrogen (secondary N) is 1. The smallest absolute Gasteiger partial charge is 0.748 e. The van der Waals surface area contributed by atoms with E-state index in [1.165, 1.54) is 5.56 Å². The molecule has 1 fully saturated rings. The van der Waals surface area contributed by atoms with Crippen molar-refractivity contribution in [3.8, 4) is 0 Å². The summed E-state index contributed by atoms with van der Waals surface area (Å²) in [5.74, 6) is -0.182. The summed E-state index contributed by atoms with van der Waals surface area (Å²) in [6, 6.07) is 11.9. The number of carbonyl (C=O) groups is 3. The number of amides is 2. The fraction of sp³-hybridized carbons (Fsp3) is 0.545. The van der Waals surface area contributed by atoms with Crippen LogP contribution in [0.1, 0.15) is 87.7 Å². The van der Waals surface area contributed by atoms with Crippen molar-refractivity contribution in [1.82, 2.24) is 9.88 Å². The number of hydrogen-bond donors (Lipinski definition) is 1. The van der Waals surface area contributed by atoms with E-state index in [9.17, 15) is 27.4 Å². The van der Waals surface area contributed by atoms with Crippen LogP contribution in [0.2, 0.25) is 0 Å². The molecule has 9 nitrogen and oxygen atoms in total. The molecule has 0 aliphatic heterocycles. The number of aromatic nitrogens is 1. The molecule has 12 heteroatoms. The van der Waals surface area contributed by atoms with Gasteiger partial charge in [-0.05, 0) is 93.0 Å². The minimum absolute atomic E-state index is 0. The first-order chi connectivity index (χ1) is 21.1. The first-order valence-corrected chi connectivity index (χ1v) is 18.3. The third-order valence-electron chi connectivity index (χ3n) is 8.66. The molecule has 2 amide bonds. The number of carbonyl (C=O) groups excluding carboxylic acids is 3. The standard InChI is InChI=1S/C33H45N3O6S2.Na/c1-3-24-10-9-11-27(20-24)35(4-2)32(38)23-36-28-16-18-43-31(28)22-29(36)30(37)21-25-12-14-26(15-13-25)33(39)34-17-7-5-6-8-19-44(40,41)42;/h9-11,16,18,20,22,25-26H,3-8,12-15,17,19,21,23H2,1-2H3,(H,34,39)(H,40,41,42);/q;+1/p-1. The zero-order valence-corrected chi connectivity index (χ0v) is 30.4. The van der Waals surface area contributed by atoms with Crippen molar-refractivity contribution in [2.75, 3.05) is 23.7 Å². The van der Waals surface area contributed by atoms with Crippen molar-refractivity contribution in [3.63, 3.8) is 0 Å². The van der Waals surface area contributed by atoms with Gasteiger partial charge in [-0.2, -0.15) is 0 Å². The van der Waals surface area contributed by atoms with E-state index in [0.717, 1.165) is 60.8 Å². The van der Waals surface area contributed by atoms with Gasteiger partial charge < -0.3 is 19.3 Å². The Hall–Kier alpha value is -2.02. The molecule has 3 aromatic rings. The first kappa shape index (κ1) is 37.4. The first-order valence-electron chi connectivity index (χ1n) is 15.8. The average Bonchev–Trinajstić information content (AvgIpc) is 3.59. The van der Waals surface area contributed by atoms with Crippen LogP contribution in [0, 0.1) is 11.8 Å². The number of Topliss-reactive ketones (excluding diaryl/α,β-unsaturated/α-hetero) is 1. The predicted molar refractivity (Wildman–Crippen MR) is 174 cm³/mol. The summed E-state index contributed by atoms with van der Waals surface area (Å²) < 4.78 is 34.9. The van der Waals surface area contributed by atoms with Crippen molar-refractivity contribution in [3.05, 3.63) is 53.0 Å². The van der Waals surface area contributed by atoms with Gasteiger partial charge in [-0.3, -0.25) is 14.4 Å². The molecule has 45 heavy (non-hydrogen) atoms. The minimum Gasteiger partial charge on any atom is -0.748 e. The molecule has 1 saturated carbocycles. The molecule has 1 aliphatic rings. The number of rotatable bonds is 16. The predicted octanol–water partition coefficient (Wildman–Crippen LogP) is 2.92. The molecule has 0 unspecified atom stereocenters. The molecular weight excluding hydrogens is 622 g/mol. The number of aryl methyl sites for hydroxylation is 1. The maximum Gasteiger partial charge on any atom is 1.00 e. The normalized spacial score (nSPS) is 16.7. The van der Waals surface area contributed by atoms with Gasteiger partial charge in [0.2, 0.25) is 11.8 Å². The second kappa shape index (κ2) is 17.8. The molecule has 0 spiro atoms. The summed E-state index contributed by atoms with van der Waals surface area (Å²) in [7, 11) is -4.16. The molecule has 0 bridgehead atoms. The number of likely N-dealkylation sites (N-methyl/N-ethyl adjacent to an activating group) is 1. The maximum atomic E-state index is 13.6. The van der Waals surface area contributed by atoms with Crippen molar-refractivity contribution in [2.24, 2.45) is 11.8 Å². The summed E-state index contributed by atoms with van der Waals surface area (Å²) in [5.41, 5.74) is 3.52. The number of thiophene rings is 1. The van der Waals surface area contributed by atoms with Crippen LogP contribution in [-0.2, 0) is 32.7 Å². The largest absolute Gasteiger partial charge is 1.00 e. The molecule has 1 aliphatic carbocycles. The van der Waals surface area contributed by atoms with Crippen LogP contribution in [0.25, 0.3) is 10.2 Å². The summed E-state index contributed by atoms with van der Waals surface area (Å²) in [4.78, 5) is 41.6. The van der Waals surface area contributed by atoms with Gasteiger partial charge in [0.1, 0.15) is 6.54 Å². The molecule has 0 radical (unpaired) electrons. The Kier molecular flexibility index (Phi) is 14.8. The molecule has 0 atom stereocenters. The minimum atomic E-state index is -4.16. The maximum absolute atomic E-state index is 13.6. The molecule has 240 valence electrons. The van der Waals surface area contributed by atoms with E-state index in [1.54, 1.807) is 16.2 Å². The number of benzene rings is 1. The van der Waals surface area contributed by atoms with Gasteiger partial charge in [0.05, 0.1) is 26.0 Å². The summed E-state index contributed by atoms with van der Waals surface area (Å²) in [6.07, 6.45) is 6.88. The molecule has 4 rings (SSSR count). The van der Waals surface area contributed by atoms with Gasteiger partial charge in [-0.25, -0.2) is 8.42 Å². The Morgan fingerprint density at radius 2 is 1.76 bits per heavy atom. The third kappa shape index (κ3) is 10.8. The van der Waals surface area contributed by atoms with E-state index in [-0.39, 0.29) is 71.3 Å². The van der Waals surface area contributed by atoms with Crippen molar-refractivity contribution in [2.45, 2.75) is 84.6 Å². The number of unbranched alkanes of at least 4 members (excludes halogenated alkanes) is 3. The molecule has 2 heterocycles. The second-order valence-electron chi connectivity index (χ2n) is 11.8.